The van der Waals surface area contributed by atoms with Gasteiger partial charge in [0, 0.05) is 30.6 Å². The quantitative estimate of drug-likeness (QED) is 0.880. The number of hydrogen-bond donors (Lipinski definition) is 1. The molecule has 0 amide bonds. The summed E-state index contributed by atoms with van der Waals surface area (Å²) in [4.78, 5) is 4.05. The maximum absolute atomic E-state index is 4.75. The minimum absolute atomic E-state index is 0.497. The molecule has 0 aromatic carbocycles. The minimum Gasteiger partial charge on any atom is -0.370 e. The monoisotopic (exact) mass is 242 g/mol. The molecule has 2 aromatic heterocycles. The van der Waals surface area contributed by atoms with Crippen molar-refractivity contribution in [3.8, 4) is 11.3 Å². The summed E-state index contributed by atoms with van der Waals surface area (Å²) in [5.41, 5.74) is 2.14. The SMILES string of the molecule is CCC1C(C)CNc2cc(-c3ccncc3)nn21. The van der Waals surface area contributed by atoms with Gasteiger partial charge in [-0.3, -0.25) is 4.98 Å². The van der Waals surface area contributed by atoms with Crippen LogP contribution in [0.15, 0.2) is 30.6 Å². The van der Waals surface area contributed by atoms with Crippen LogP contribution in [0.5, 0.6) is 0 Å². The van der Waals surface area contributed by atoms with Crippen molar-refractivity contribution < 1.29 is 0 Å². The van der Waals surface area contributed by atoms with E-state index in [-0.39, 0.29) is 0 Å². The van der Waals surface area contributed by atoms with E-state index in [0.29, 0.717) is 12.0 Å². The van der Waals surface area contributed by atoms with Gasteiger partial charge < -0.3 is 5.32 Å². The second-order valence-electron chi connectivity index (χ2n) is 4.93. The molecule has 4 nitrogen and oxygen atoms in total. The van der Waals surface area contributed by atoms with Crippen molar-refractivity contribution in [2.45, 2.75) is 26.3 Å². The van der Waals surface area contributed by atoms with Crippen molar-refractivity contribution in [1.82, 2.24) is 14.8 Å². The molecule has 1 aliphatic heterocycles. The van der Waals surface area contributed by atoms with Gasteiger partial charge in [-0.25, -0.2) is 4.68 Å². The van der Waals surface area contributed by atoms with E-state index in [2.05, 4.69) is 34.9 Å². The van der Waals surface area contributed by atoms with Gasteiger partial charge in [-0.2, -0.15) is 5.10 Å². The van der Waals surface area contributed by atoms with Gasteiger partial charge in [0.25, 0.3) is 0 Å². The average Bonchev–Trinajstić information content (AvgIpc) is 2.84. The van der Waals surface area contributed by atoms with E-state index in [4.69, 9.17) is 5.10 Å². The van der Waals surface area contributed by atoms with Crippen LogP contribution in [-0.4, -0.2) is 21.3 Å². The molecule has 3 heterocycles. The molecular formula is C14H18N4. The maximum atomic E-state index is 4.75. The normalized spacial score (nSPS) is 22.3. The highest BCUT2D eigenvalue weighted by Gasteiger charge is 2.26. The third-order valence-corrected chi connectivity index (χ3v) is 3.71. The summed E-state index contributed by atoms with van der Waals surface area (Å²) in [6, 6.07) is 6.62. The maximum Gasteiger partial charge on any atom is 0.125 e. The molecular weight excluding hydrogens is 224 g/mol. The molecule has 18 heavy (non-hydrogen) atoms. The zero-order valence-electron chi connectivity index (χ0n) is 10.8. The van der Waals surface area contributed by atoms with Crippen molar-refractivity contribution in [2.24, 2.45) is 5.92 Å². The van der Waals surface area contributed by atoms with E-state index < -0.39 is 0 Å². The van der Waals surface area contributed by atoms with Crippen LogP contribution in [0, 0.1) is 5.92 Å². The molecule has 2 atom stereocenters. The molecule has 1 N–H and O–H groups in total. The van der Waals surface area contributed by atoms with Crippen LogP contribution in [0.3, 0.4) is 0 Å². The predicted octanol–water partition coefficient (Wildman–Crippen LogP) is 2.96. The van der Waals surface area contributed by atoms with E-state index in [1.165, 1.54) is 0 Å². The topological polar surface area (TPSA) is 42.7 Å². The molecule has 1 aliphatic rings. The molecule has 4 heteroatoms. The fourth-order valence-electron chi connectivity index (χ4n) is 2.66. The van der Waals surface area contributed by atoms with Gasteiger partial charge in [0.05, 0.1) is 11.7 Å². The molecule has 0 aliphatic carbocycles. The van der Waals surface area contributed by atoms with Crippen LogP contribution in [0.2, 0.25) is 0 Å². The van der Waals surface area contributed by atoms with Gasteiger partial charge in [0.2, 0.25) is 0 Å². The highest BCUT2D eigenvalue weighted by molar-refractivity contribution is 5.62. The summed E-state index contributed by atoms with van der Waals surface area (Å²) in [6.07, 6.45) is 4.73. The number of nitrogens with zero attached hydrogens (tertiary/aromatic N) is 3. The minimum atomic E-state index is 0.497. The lowest BCUT2D eigenvalue weighted by Crippen LogP contribution is -2.30. The van der Waals surface area contributed by atoms with Crippen molar-refractivity contribution >= 4 is 5.82 Å². The van der Waals surface area contributed by atoms with Crippen molar-refractivity contribution in [1.29, 1.82) is 0 Å². The lowest BCUT2D eigenvalue weighted by atomic mass is 9.98. The fraction of sp³-hybridized carbons (Fsp3) is 0.429. The molecule has 0 saturated heterocycles. The molecule has 0 radical (unpaired) electrons. The first kappa shape index (κ1) is 11.3. The third-order valence-electron chi connectivity index (χ3n) is 3.71. The molecule has 3 rings (SSSR count). The lowest BCUT2D eigenvalue weighted by Gasteiger charge is -2.30. The van der Waals surface area contributed by atoms with Gasteiger partial charge in [-0.05, 0) is 24.5 Å². The Morgan fingerprint density at radius 1 is 1.39 bits per heavy atom. The molecule has 0 spiro atoms. The number of aromatic nitrogens is 3. The van der Waals surface area contributed by atoms with Gasteiger partial charge >= 0.3 is 0 Å². The molecule has 0 fully saturated rings. The van der Waals surface area contributed by atoms with E-state index in [0.717, 1.165) is 30.0 Å². The first-order valence-electron chi connectivity index (χ1n) is 6.53. The predicted molar refractivity (Wildman–Crippen MR) is 72.4 cm³/mol. The number of fused-ring (bicyclic) bond motifs is 1. The Bertz CT molecular complexity index is 532. The third kappa shape index (κ3) is 1.78. The van der Waals surface area contributed by atoms with Crippen LogP contribution in [-0.2, 0) is 0 Å². The van der Waals surface area contributed by atoms with Gasteiger partial charge in [0.15, 0.2) is 0 Å². The summed E-state index contributed by atoms with van der Waals surface area (Å²) < 4.78 is 2.14. The summed E-state index contributed by atoms with van der Waals surface area (Å²) in [5.74, 6) is 1.75. The van der Waals surface area contributed by atoms with Gasteiger partial charge in [-0.15, -0.1) is 0 Å². The number of anilines is 1. The van der Waals surface area contributed by atoms with Crippen molar-refractivity contribution in [2.75, 3.05) is 11.9 Å². The van der Waals surface area contributed by atoms with Crippen LogP contribution >= 0.6 is 0 Å². The lowest BCUT2D eigenvalue weighted by molar-refractivity contribution is 0.313. The largest absolute Gasteiger partial charge is 0.370 e. The molecule has 0 bridgehead atoms. The summed E-state index contributed by atoms with van der Waals surface area (Å²) in [6.45, 7) is 5.53. The van der Waals surface area contributed by atoms with Crippen LogP contribution in [0.4, 0.5) is 5.82 Å². The van der Waals surface area contributed by atoms with E-state index in [1.807, 2.05) is 12.1 Å². The summed E-state index contributed by atoms with van der Waals surface area (Å²) in [5, 5.41) is 8.20. The Kier molecular flexibility index (Phi) is 2.78. The van der Waals surface area contributed by atoms with Crippen LogP contribution in [0.25, 0.3) is 11.3 Å². The molecule has 0 saturated carbocycles. The number of rotatable bonds is 2. The highest BCUT2D eigenvalue weighted by atomic mass is 15.4. The van der Waals surface area contributed by atoms with Crippen LogP contribution in [0.1, 0.15) is 26.3 Å². The Balaban J connectivity index is 2.02. The van der Waals surface area contributed by atoms with Crippen molar-refractivity contribution in [3.63, 3.8) is 0 Å². The molecule has 94 valence electrons. The Morgan fingerprint density at radius 2 is 2.17 bits per heavy atom. The standard InChI is InChI=1S/C14H18N4/c1-3-13-10(2)9-16-14-8-12(17-18(13)14)11-4-6-15-7-5-11/h4-8,10,13,16H,3,9H2,1-2H3. The zero-order valence-corrected chi connectivity index (χ0v) is 10.8. The van der Waals surface area contributed by atoms with E-state index in [9.17, 15) is 0 Å². The fourth-order valence-corrected chi connectivity index (χ4v) is 2.66. The Morgan fingerprint density at radius 3 is 2.89 bits per heavy atom. The second-order valence-corrected chi connectivity index (χ2v) is 4.93. The first-order chi connectivity index (χ1) is 8.79. The smallest absolute Gasteiger partial charge is 0.125 e. The average molecular weight is 242 g/mol. The summed E-state index contributed by atoms with van der Waals surface area (Å²) in [7, 11) is 0. The first-order valence-corrected chi connectivity index (χ1v) is 6.53. The molecule has 2 aromatic rings. The Labute approximate surface area is 107 Å². The molecule has 2 unspecified atom stereocenters. The Hall–Kier alpha value is -1.84. The van der Waals surface area contributed by atoms with Crippen LogP contribution < -0.4 is 5.32 Å². The van der Waals surface area contributed by atoms with Crippen molar-refractivity contribution in [3.05, 3.63) is 30.6 Å². The zero-order chi connectivity index (χ0) is 12.5. The summed E-state index contributed by atoms with van der Waals surface area (Å²) >= 11 is 0. The number of hydrogen-bond acceptors (Lipinski definition) is 3. The number of pyridine rings is 1. The van der Waals surface area contributed by atoms with E-state index >= 15 is 0 Å². The number of nitrogens with one attached hydrogen (secondary N) is 1. The van der Waals surface area contributed by atoms with Gasteiger partial charge in [0.1, 0.15) is 5.82 Å². The second kappa shape index (κ2) is 4.44. The van der Waals surface area contributed by atoms with Gasteiger partial charge in [-0.1, -0.05) is 13.8 Å². The highest BCUT2D eigenvalue weighted by Crippen LogP contribution is 2.32. The van der Waals surface area contributed by atoms with E-state index in [1.54, 1.807) is 12.4 Å².